The first-order valence-corrected chi connectivity index (χ1v) is 14.4. The van der Waals surface area contributed by atoms with E-state index in [-0.39, 0.29) is 16.8 Å². The van der Waals surface area contributed by atoms with E-state index in [0.29, 0.717) is 13.0 Å². The van der Waals surface area contributed by atoms with Gasteiger partial charge < -0.3 is 10.2 Å². The van der Waals surface area contributed by atoms with Crippen molar-refractivity contribution in [3.8, 4) is 0 Å². The summed E-state index contributed by atoms with van der Waals surface area (Å²) in [4.78, 5) is 0. The summed E-state index contributed by atoms with van der Waals surface area (Å²) < 4.78 is 21.7. The normalized spacial score (nSPS) is 15.0. The van der Waals surface area contributed by atoms with Gasteiger partial charge in [-0.3, -0.25) is 0 Å². The fourth-order valence-corrected chi connectivity index (χ4v) is 5.71. The number of rotatable bonds is 12. The number of hydrogen-bond donors (Lipinski definition) is 1. The fraction of sp³-hybridized carbons (Fsp3) is 0.481. The van der Waals surface area contributed by atoms with Crippen LogP contribution in [-0.2, 0) is 17.3 Å². The maximum absolute atomic E-state index is 15.1. The Morgan fingerprint density at radius 1 is 1.00 bits per heavy atom. The summed E-state index contributed by atoms with van der Waals surface area (Å²) in [6, 6.07) is 19.4. The Morgan fingerprint density at radius 3 is 2.03 bits per heavy atom. The summed E-state index contributed by atoms with van der Waals surface area (Å²) in [5, 5.41) is 0.172. The maximum Gasteiger partial charge on any atom is 0.192 e. The standard InChI is InChI=1S/C27H40FNOSi/c1-6-17-27(2,3)31(4,5)30-21-24(18-22-13-9-7-10-14-22)19-25(28)26(29)20-23-15-11-8-12-16-23/h7-16,19,24,26H,6,17-18,20-21,29H2,1-5H3/b25-19-/t24-,26-/m1/s1. The minimum Gasteiger partial charge on any atom is -0.416 e. The van der Waals surface area contributed by atoms with Crippen LogP contribution < -0.4 is 5.73 Å². The zero-order chi connectivity index (χ0) is 22.9. The van der Waals surface area contributed by atoms with Crippen LogP contribution in [-0.4, -0.2) is 21.0 Å². The van der Waals surface area contributed by atoms with Gasteiger partial charge >= 0.3 is 0 Å². The van der Waals surface area contributed by atoms with Crippen LogP contribution in [0.5, 0.6) is 0 Å². The van der Waals surface area contributed by atoms with Crippen LogP contribution in [0.1, 0.15) is 44.7 Å². The van der Waals surface area contributed by atoms with Crippen LogP contribution in [0.15, 0.2) is 72.6 Å². The Labute approximate surface area is 189 Å². The molecule has 0 heterocycles. The van der Waals surface area contributed by atoms with Crippen molar-refractivity contribution in [2.24, 2.45) is 11.7 Å². The minimum absolute atomic E-state index is 0.0478. The van der Waals surface area contributed by atoms with Gasteiger partial charge in [0.15, 0.2) is 8.32 Å². The van der Waals surface area contributed by atoms with Gasteiger partial charge in [0.05, 0.1) is 6.04 Å². The summed E-state index contributed by atoms with van der Waals surface area (Å²) in [5.74, 6) is -0.297. The molecule has 0 aliphatic heterocycles. The van der Waals surface area contributed by atoms with E-state index in [1.54, 1.807) is 6.08 Å². The Hall–Kier alpha value is -1.75. The lowest BCUT2D eigenvalue weighted by molar-refractivity contribution is 0.243. The summed E-state index contributed by atoms with van der Waals surface area (Å²) >= 11 is 0. The second-order valence-corrected chi connectivity index (χ2v) is 14.4. The largest absolute Gasteiger partial charge is 0.416 e. The summed E-state index contributed by atoms with van der Waals surface area (Å²) in [7, 11) is -1.95. The zero-order valence-corrected chi connectivity index (χ0v) is 20.9. The van der Waals surface area contributed by atoms with Crippen molar-refractivity contribution in [2.45, 2.75) is 70.6 Å². The van der Waals surface area contributed by atoms with E-state index in [9.17, 15) is 0 Å². The smallest absolute Gasteiger partial charge is 0.192 e. The molecular formula is C27H40FNOSi. The summed E-state index contributed by atoms with van der Waals surface area (Å²) in [6.07, 6.45) is 5.22. The van der Waals surface area contributed by atoms with Gasteiger partial charge in [-0.25, -0.2) is 4.39 Å². The van der Waals surface area contributed by atoms with Crippen LogP contribution in [0.3, 0.4) is 0 Å². The van der Waals surface area contributed by atoms with Gasteiger partial charge in [0.25, 0.3) is 0 Å². The van der Waals surface area contributed by atoms with E-state index in [2.05, 4.69) is 46.0 Å². The highest BCUT2D eigenvalue weighted by atomic mass is 28.4. The lowest BCUT2D eigenvalue weighted by Crippen LogP contribution is -2.43. The molecule has 170 valence electrons. The monoisotopic (exact) mass is 441 g/mol. The van der Waals surface area contributed by atoms with Crippen LogP contribution in [0, 0.1) is 5.92 Å². The van der Waals surface area contributed by atoms with Gasteiger partial charge in [-0.2, -0.15) is 0 Å². The molecule has 0 amide bonds. The van der Waals surface area contributed by atoms with Crippen molar-refractivity contribution in [2.75, 3.05) is 6.61 Å². The SMILES string of the molecule is CCCC(C)(C)[Si](C)(C)OC[C@@H](/C=C(\F)[C@H](N)Cc1ccccc1)Cc1ccccc1. The summed E-state index contributed by atoms with van der Waals surface area (Å²) in [5.41, 5.74) is 8.44. The molecule has 0 aliphatic carbocycles. The molecule has 0 fully saturated rings. The third-order valence-electron chi connectivity index (χ3n) is 6.55. The molecule has 0 bridgehead atoms. The van der Waals surface area contributed by atoms with Gasteiger partial charge in [0.1, 0.15) is 5.83 Å². The van der Waals surface area contributed by atoms with Gasteiger partial charge in [0, 0.05) is 12.5 Å². The number of nitrogens with two attached hydrogens (primary N) is 1. The molecule has 0 aromatic heterocycles. The molecule has 2 N–H and O–H groups in total. The van der Waals surface area contributed by atoms with Crippen molar-refractivity contribution in [3.05, 3.63) is 83.7 Å². The molecule has 31 heavy (non-hydrogen) atoms. The van der Waals surface area contributed by atoms with Crippen molar-refractivity contribution >= 4 is 8.32 Å². The molecule has 4 heteroatoms. The number of halogens is 1. The molecule has 2 aromatic carbocycles. The van der Waals surface area contributed by atoms with E-state index in [4.69, 9.17) is 10.2 Å². The first-order chi connectivity index (χ1) is 14.6. The van der Waals surface area contributed by atoms with Gasteiger partial charge in [-0.15, -0.1) is 0 Å². The molecule has 2 aromatic rings. The van der Waals surface area contributed by atoms with Gasteiger partial charge in [0.2, 0.25) is 0 Å². The van der Waals surface area contributed by atoms with E-state index >= 15 is 4.39 Å². The predicted octanol–water partition coefficient (Wildman–Crippen LogP) is 7.07. The molecular weight excluding hydrogens is 401 g/mol. The highest BCUT2D eigenvalue weighted by Crippen LogP contribution is 2.42. The van der Waals surface area contributed by atoms with E-state index < -0.39 is 14.4 Å². The second-order valence-electron chi connectivity index (χ2n) is 9.75. The minimum atomic E-state index is -1.95. The summed E-state index contributed by atoms with van der Waals surface area (Å²) in [6.45, 7) is 11.9. The molecule has 2 rings (SSSR count). The van der Waals surface area contributed by atoms with Crippen molar-refractivity contribution in [1.82, 2.24) is 0 Å². The molecule has 2 atom stereocenters. The van der Waals surface area contributed by atoms with Crippen LogP contribution >= 0.6 is 0 Å². The van der Waals surface area contributed by atoms with Crippen molar-refractivity contribution in [3.63, 3.8) is 0 Å². The average Bonchev–Trinajstić information content (AvgIpc) is 2.73. The highest BCUT2D eigenvalue weighted by Gasteiger charge is 2.40. The van der Waals surface area contributed by atoms with E-state index in [1.165, 1.54) is 5.56 Å². The molecule has 0 saturated heterocycles. The van der Waals surface area contributed by atoms with Gasteiger partial charge in [-0.1, -0.05) is 87.9 Å². The third kappa shape index (κ3) is 8.02. The Balaban J connectivity index is 2.14. The quantitative estimate of drug-likeness (QED) is 0.357. The van der Waals surface area contributed by atoms with E-state index in [1.807, 2.05) is 48.5 Å². The molecule has 0 radical (unpaired) electrons. The van der Waals surface area contributed by atoms with Crippen LogP contribution in [0.4, 0.5) is 4.39 Å². The topological polar surface area (TPSA) is 35.2 Å². The third-order valence-corrected chi connectivity index (χ3v) is 10.9. The Morgan fingerprint density at radius 2 is 1.52 bits per heavy atom. The highest BCUT2D eigenvalue weighted by molar-refractivity contribution is 6.74. The van der Waals surface area contributed by atoms with E-state index in [0.717, 1.165) is 24.8 Å². The molecule has 0 aliphatic rings. The second kappa shape index (κ2) is 11.7. The zero-order valence-electron chi connectivity index (χ0n) is 19.9. The molecule has 2 nitrogen and oxygen atoms in total. The Bertz CT molecular complexity index is 805. The number of benzene rings is 2. The Kier molecular flexibility index (Phi) is 9.67. The fourth-order valence-electron chi connectivity index (χ4n) is 3.83. The predicted molar refractivity (Wildman–Crippen MR) is 133 cm³/mol. The lowest BCUT2D eigenvalue weighted by atomic mass is 9.97. The van der Waals surface area contributed by atoms with Gasteiger partial charge in [-0.05, 0) is 54.6 Å². The van der Waals surface area contributed by atoms with Crippen molar-refractivity contribution in [1.29, 1.82) is 0 Å². The van der Waals surface area contributed by atoms with Crippen LogP contribution in [0.2, 0.25) is 18.1 Å². The first kappa shape index (κ1) is 25.5. The molecule has 0 spiro atoms. The average molecular weight is 442 g/mol. The molecule has 0 saturated carbocycles. The lowest BCUT2D eigenvalue weighted by Gasteiger charge is -2.40. The molecule has 0 unspecified atom stereocenters. The number of hydrogen-bond acceptors (Lipinski definition) is 2. The van der Waals surface area contributed by atoms with Crippen LogP contribution in [0.25, 0.3) is 0 Å². The van der Waals surface area contributed by atoms with Crippen molar-refractivity contribution < 1.29 is 8.82 Å². The first-order valence-electron chi connectivity index (χ1n) is 11.5. The maximum atomic E-state index is 15.1.